The molecule has 0 amide bonds. The van der Waals surface area contributed by atoms with Crippen molar-refractivity contribution < 1.29 is 104 Å². The van der Waals surface area contributed by atoms with Gasteiger partial charge in [-0.2, -0.15) is 0 Å². The zero-order chi connectivity index (χ0) is 21.5. The average molecular weight is 536 g/mol. The minimum Gasteiger partial charge on any atom is -0.369 e. The van der Waals surface area contributed by atoms with E-state index in [-0.39, 0.29) is 47.9 Å². The van der Waals surface area contributed by atoms with E-state index in [0.29, 0.717) is 0 Å². The van der Waals surface area contributed by atoms with E-state index < -0.39 is 30.5 Å². The van der Waals surface area contributed by atoms with E-state index in [9.17, 15) is 0 Å². The molecule has 26 heteroatoms. The first-order valence-electron chi connectivity index (χ1n) is 3.39. The molecule has 10 N–H and O–H groups in total. The van der Waals surface area contributed by atoms with Gasteiger partial charge in [-0.25, -0.2) is 0 Å². The van der Waals surface area contributed by atoms with Gasteiger partial charge in [-0.1, -0.05) is 0 Å². The van der Waals surface area contributed by atoms with Crippen LogP contribution >= 0.6 is 0 Å². The summed E-state index contributed by atoms with van der Waals surface area (Å²) in [6.07, 6.45) is 0. The zero-order valence-electron chi connectivity index (χ0n) is 11.8. The molecule has 0 heterocycles. The SMILES string of the molecule is O=[N+]([O-])O.O=[N+]([O-])O.O=[N+]([O-])O.O=[N+]([O-])O.O=[N+]([O-])O.O=[N+]([O-])O.[Ce+4].[NH4+]. The van der Waals surface area contributed by atoms with E-state index in [0.717, 1.165) is 0 Å². The summed E-state index contributed by atoms with van der Waals surface area (Å²) in [5, 5.41) is 81.8. The number of hydrogen-bond acceptors (Lipinski definition) is 12. The predicted molar refractivity (Wildman–Crippen MR) is 58.7 cm³/mol. The van der Waals surface area contributed by atoms with E-state index in [1.165, 1.54) is 0 Å². The van der Waals surface area contributed by atoms with E-state index in [2.05, 4.69) is 0 Å². The topological polar surface area (TPSA) is 417 Å². The Morgan fingerprint density at radius 1 is 0.385 bits per heavy atom. The van der Waals surface area contributed by atoms with Crippen molar-refractivity contribution >= 4 is 0 Å². The summed E-state index contributed by atoms with van der Waals surface area (Å²) in [6, 6.07) is 0. The van der Waals surface area contributed by atoms with Gasteiger partial charge in [-0.15, -0.1) is 60.7 Å². The Bertz CT molecular complexity index is 259. The molecule has 26 heavy (non-hydrogen) atoms. The molecule has 0 aliphatic carbocycles. The van der Waals surface area contributed by atoms with Crippen molar-refractivity contribution in [1.82, 2.24) is 6.15 Å². The zero-order valence-corrected chi connectivity index (χ0v) is 14.9. The molecule has 0 unspecified atom stereocenters. The van der Waals surface area contributed by atoms with Crippen LogP contribution in [0.5, 0.6) is 0 Å². The standard InChI is InChI=1S/Ce.6HNO3.H3N/c;6*2-1(3)4;/h;6*(H,2,3,4);1H3/q+4;;;;;;;/p+1. The number of nitrogens with zero attached hydrogens (tertiary/aromatic N) is 6. The Morgan fingerprint density at radius 3 is 0.385 bits per heavy atom. The maximum absolute atomic E-state index is 8.36. The van der Waals surface area contributed by atoms with Crippen molar-refractivity contribution in [3.8, 4) is 0 Å². The van der Waals surface area contributed by atoms with E-state index in [1.807, 2.05) is 0 Å². The summed E-state index contributed by atoms with van der Waals surface area (Å²) in [7, 11) is 0. The molecule has 0 saturated carbocycles. The Hall–Kier alpha value is -3.46. The first-order valence-corrected chi connectivity index (χ1v) is 3.39. The summed E-state index contributed by atoms with van der Waals surface area (Å²) >= 11 is 0. The van der Waals surface area contributed by atoms with Crippen LogP contribution < -0.4 is 6.15 Å². The molecule has 0 spiro atoms. The fourth-order valence-electron chi connectivity index (χ4n) is 0. The van der Waals surface area contributed by atoms with Crippen molar-refractivity contribution in [2.45, 2.75) is 0 Å². The third kappa shape index (κ3) is 653. The van der Waals surface area contributed by atoms with Gasteiger partial charge in [0.25, 0.3) is 30.5 Å². The van der Waals surface area contributed by atoms with Crippen molar-refractivity contribution in [2.24, 2.45) is 0 Å². The number of hydrogen-bond donors (Lipinski definition) is 7. The minimum absolute atomic E-state index is 0. The summed E-state index contributed by atoms with van der Waals surface area (Å²) in [5.41, 5.74) is 0. The summed E-state index contributed by atoms with van der Waals surface area (Å²) in [4.78, 5) is 50.2. The van der Waals surface area contributed by atoms with Crippen LogP contribution in [-0.4, -0.2) is 61.8 Å². The molecule has 0 aromatic heterocycles. The molecule has 0 radical (unpaired) electrons. The third-order valence-electron chi connectivity index (χ3n) is 0. The van der Waals surface area contributed by atoms with Gasteiger partial charge in [-0.3, -0.25) is 0 Å². The van der Waals surface area contributed by atoms with Crippen LogP contribution in [-0.2, 0) is 0 Å². The maximum Gasteiger partial charge on any atom is 4.00 e. The molecule has 0 aliphatic rings. The van der Waals surface area contributed by atoms with Crippen LogP contribution in [0.2, 0.25) is 0 Å². The molecule has 0 bridgehead atoms. The largest absolute Gasteiger partial charge is 4.00 e. The monoisotopic (exact) mass is 536 g/mol. The van der Waals surface area contributed by atoms with Crippen molar-refractivity contribution in [2.75, 3.05) is 0 Å². The molecule has 0 rings (SSSR count). The minimum atomic E-state index is -1.50. The van der Waals surface area contributed by atoms with Crippen LogP contribution in [0.25, 0.3) is 0 Å². The molecular formula is H10CeN7O18+5. The van der Waals surface area contributed by atoms with Crippen molar-refractivity contribution in [3.05, 3.63) is 60.7 Å². The second-order valence-corrected chi connectivity index (χ2v) is 1.43. The first kappa shape index (κ1) is 49.5. The third-order valence-corrected chi connectivity index (χ3v) is 0. The Labute approximate surface area is 170 Å². The van der Waals surface area contributed by atoms with E-state index in [4.69, 9.17) is 91.9 Å². The smallest absolute Gasteiger partial charge is 0.369 e. The van der Waals surface area contributed by atoms with Crippen LogP contribution in [0.15, 0.2) is 0 Å². The van der Waals surface area contributed by atoms with Gasteiger partial charge >= 0.3 is 41.7 Å². The predicted octanol–water partition coefficient (Wildman–Crippen LogP) is -1.71. The molecule has 0 aromatic rings. The fourth-order valence-corrected chi connectivity index (χ4v) is 0. The molecule has 0 atom stereocenters. The number of rotatable bonds is 0. The molecule has 0 aromatic carbocycles. The normalized spacial score (nSPS) is 5.54. The first-order chi connectivity index (χ1) is 10.4. The van der Waals surface area contributed by atoms with Gasteiger partial charge in [0.1, 0.15) is 0 Å². The fraction of sp³-hybridized carbons (Fsp3) is 0. The average Bonchev–Trinajstić information content (AvgIpc) is 2.08. The molecular weight excluding hydrogens is 526 g/mol. The molecule has 152 valence electrons. The van der Waals surface area contributed by atoms with E-state index in [1.54, 1.807) is 0 Å². The maximum atomic E-state index is 8.36. The molecule has 0 saturated heterocycles. The van der Waals surface area contributed by atoms with Gasteiger partial charge in [0.2, 0.25) is 0 Å². The van der Waals surface area contributed by atoms with Crippen molar-refractivity contribution in [1.29, 1.82) is 0 Å². The van der Waals surface area contributed by atoms with Gasteiger partial charge in [0.15, 0.2) is 0 Å². The Kier molecular flexibility index (Phi) is 81.8. The van der Waals surface area contributed by atoms with Crippen LogP contribution in [0, 0.1) is 102 Å². The Morgan fingerprint density at radius 2 is 0.385 bits per heavy atom. The second kappa shape index (κ2) is 43.0. The van der Waals surface area contributed by atoms with E-state index >= 15 is 0 Å². The Balaban J connectivity index is -0.0000000245. The quantitative estimate of drug-likeness (QED) is 0.134. The van der Waals surface area contributed by atoms with Gasteiger partial charge in [-0.05, 0) is 0 Å². The summed E-state index contributed by atoms with van der Waals surface area (Å²) < 4.78 is 0. The van der Waals surface area contributed by atoms with Crippen molar-refractivity contribution in [3.63, 3.8) is 0 Å². The summed E-state index contributed by atoms with van der Waals surface area (Å²) in [6.45, 7) is 0. The molecule has 0 aliphatic heterocycles. The molecule has 25 nitrogen and oxygen atoms in total. The van der Waals surface area contributed by atoms with Gasteiger partial charge < -0.3 is 37.4 Å². The van der Waals surface area contributed by atoms with Gasteiger partial charge in [0, 0.05) is 0 Å². The van der Waals surface area contributed by atoms with Gasteiger partial charge in [0.05, 0.1) is 0 Å². The second-order valence-electron chi connectivity index (χ2n) is 1.43. The molecule has 0 fully saturated rings. The number of quaternary nitrogens is 1. The summed E-state index contributed by atoms with van der Waals surface area (Å²) in [5.74, 6) is 0. The van der Waals surface area contributed by atoms with Crippen LogP contribution in [0.3, 0.4) is 0 Å². The van der Waals surface area contributed by atoms with Crippen LogP contribution in [0.1, 0.15) is 0 Å². The van der Waals surface area contributed by atoms with Crippen LogP contribution in [0.4, 0.5) is 0 Å².